The third kappa shape index (κ3) is 4.42. The predicted molar refractivity (Wildman–Crippen MR) is 146 cm³/mol. The molecule has 2 saturated heterocycles. The normalized spacial score (nSPS) is 21.3. The van der Waals surface area contributed by atoms with Crippen LogP contribution in [0.5, 0.6) is 0 Å². The first-order valence-electron chi connectivity index (χ1n) is 13.5. The Morgan fingerprint density at radius 3 is 2.55 bits per heavy atom. The number of nitrogens with zero attached hydrogens (tertiary/aromatic N) is 9. The number of aromatic nitrogens is 6. The predicted octanol–water partition coefficient (Wildman–Crippen LogP) is 2.58. The van der Waals surface area contributed by atoms with E-state index in [1.54, 1.807) is 0 Å². The number of ether oxygens (including phenoxy) is 1. The maximum absolute atomic E-state index is 14.9. The van der Waals surface area contributed by atoms with Crippen LogP contribution in [0.3, 0.4) is 0 Å². The Balaban J connectivity index is 1.44. The second-order valence-corrected chi connectivity index (χ2v) is 10.5. The highest BCUT2D eigenvalue weighted by Crippen LogP contribution is 2.29. The van der Waals surface area contributed by atoms with Crippen LogP contribution in [-0.4, -0.2) is 105 Å². The van der Waals surface area contributed by atoms with Crippen molar-refractivity contribution in [3.8, 4) is 5.95 Å². The summed E-state index contributed by atoms with van der Waals surface area (Å²) in [5, 5.41) is 0. The summed E-state index contributed by atoms with van der Waals surface area (Å²) in [5.74, 6) is 3.18. The van der Waals surface area contributed by atoms with Crippen molar-refractivity contribution in [3.63, 3.8) is 0 Å². The molecule has 2 fully saturated rings. The van der Waals surface area contributed by atoms with E-state index in [-0.39, 0.29) is 6.04 Å². The summed E-state index contributed by atoms with van der Waals surface area (Å²) in [7, 11) is 5.90. The minimum atomic E-state index is -0.884. The molecule has 11 heteroatoms. The van der Waals surface area contributed by atoms with Crippen LogP contribution in [0.2, 0.25) is 0 Å². The monoisotopic (exact) mass is 521 g/mol. The fourth-order valence-corrected chi connectivity index (χ4v) is 5.73. The zero-order chi connectivity index (χ0) is 26.4. The van der Waals surface area contributed by atoms with E-state index < -0.39 is 6.17 Å². The average Bonchev–Trinajstić information content (AvgIpc) is 3.46. The van der Waals surface area contributed by atoms with Gasteiger partial charge < -0.3 is 19.1 Å². The highest BCUT2D eigenvalue weighted by Gasteiger charge is 2.32. The number of fused-ring (bicyclic) bond motifs is 2. The number of rotatable bonds is 6. The number of morpholine rings is 1. The third-order valence-electron chi connectivity index (χ3n) is 7.86. The Hall–Kier alpha value is -3.15. The Kier molecular flexibility index (Phi) is 6.75. The van der Waals surface area contributed by atoms with Crippen LogP contribution >= 0.6 is 0 Å². The number of piperidine rings is 1. The van der Waals surface area contributed by atoms with Crippen molar-refractivity contribution in [2.75, 3.05) is 58.4 Å². The van der Waals surface area contributed by atoms with E-state index in [9.17, 15) is 4.39 Å². The largest absolute Gasteiger partial charge is 0.378 e. The number of benzene rings is 1. The van der Waals surface area contributed by atoms with Crippen LogP contribution in [0, 0.1) is 0 Å². The molecule has 202 valence electrons. The van der Waals surface area contributed by atoms with Gasteiger partial charge in [-0.25, -0.2) is 14.4 Å². The Labute approximate surface area is 222 Å². The van der Waals surface area contributed by atoms with Crippen molar-refractivity contribution in [2.24, 2.45) is 7.05 Å². The highest BCUT2D eigenvalue weighted by atomic mass is 19.1. The van der Waals surface area contributed by atoms with Gasteiger partial charge in [0.1, 0.15) is 17.8 Å². The molecular weight excluding hydrogens is 485 g/mol. The number of hydrogen-bond acceptors (Lipinski definition) is 8. The molecule has 0 unspecified atom stereocenters. The van der Waals surface area contributed by atoms with Gasteiger partial charge >= 0.3 is 0 Å². The van der Waals surface area contributed by atoms with E-state index in [4.69, 9.17) is 24.7 Å². The zero-order valence-electron chi connectivity index (χ0n) is 22.6. The van der Waals surface area contributed by atoms with Crippen molar-refractivity contribution in [1.29, 1.82) is 0 Å². The molecule has 0 bridgehead atoms. The van der Waals surface area contributed by atoms with Crippen LogP contribution in [0.1, 0.15) is 25.0 Å². The van der Waals surface area contributed by atoms with Gasteiger partial charge in [0.15, 0.2) is 17.0 Å². The van der Waals surface area contributed by atoms with Crippen LogP contribution in [0.15, 0.2) is 24.3 Å². The van der Waals surface area contributed by atoms with Gasteiger partial charge in [-0.1, -0.05) is 19.1 Å². The summed E-state index contributed by atoms with van der Waals surface area (Å²) < 4.78 is 24.6. The molecule has 3 aromatic heterocycles. The summed E-state index contributed by atoms with van der Waals surface area (Å²) >= 11 is 0. The molecule has 4 aromatic rings. The lowest BCUT2D eigenvalue weighted by molar-refractivity contribution is 0.0530. The number of likely N-dealkylation sites (tertiary alicyclic amines) is 1. The van der Waals surface area contributed by atoms with Crippen molar-refractivity contribution in [3.05, 3.63) is 35.9 Å². The van der Waals surface area contributed by atoms with Crippen molar-refractivity contribution < 1.29 is 9.13 Å². The first-order chi connectivity index (χ1) is 18.4. The lowest BCUT2D eigenvalue weighted by Crippen LogP contribution is -2.50. The Bertz CT molecular complexity index is 1440. The molecule has 10 nitrogen and oxygen atoms in total. The second kappa shape index (κ2) is 10.2. The van der Waals surface area contributed by atoms with Crippen LogP contribution in [0.25, 0.3) is 28.1 Å². The van der Waals surface area contributed by atoms with Gasteiger partial charge in [-0.05, 0) is 32.6 Å². The first-order valence-corrected chi connectivity index (χ1v) is 13.5. The minimum Gasteiger partial charge on any atom is -0.378 e. The molecule has 0 spiro atoms. The van der Waals surface area contributed by atoms with Crippen LogP contribution < -0.4 is 4.90 Å². The average molecular weight is 522 g/mol. The minimum absolute atomic E-state index is 0.0363. The summed E-state index contributed by atoms with van der Waals surface area (Å²) in [6.07, 6.45) is 0.673. The quantitative estimate of drug-likeness (QED) is 0.383. The fraction of sp³-hybridized carbons (Fsp3) is 0.556. The van der Waals surface area contributed by atoms with Crippen molar-refractivity contribution in [2.45, 2.75) is 38.5 Å². The van der Waals surface area contributed by atoms with Gasteiger partial charge in [-0.15, -0.1) is 0 Å². The van der Waals surface area contributed by atoms with Crippen LogP contribution in [0.4, 0.5) is 10.2 Å². The molecule has 0 N–H and O–H groups in total. The van der Waals surface area contributed by atoms with Gasteiger partial charge in [-0.3, -0.25) is 9.47 Å². The number of alkyl halides is 1. The van der Waals surface area contributed by atoms with Gasteiger partial charge in [0.25, 0.3) is 0 Å². The number of aryl methyl sites for hydroxylation is 2. The molecule has 0 aliphatic carbocycles. The summed E-state index contributed by atoms with van der Waals surface area (Å²) in [6.45, 7) is 6.68. The van der Waals surface area contributed by atoms with E-state index in [2.05, 4.69) is 27.4 Å². The van der Waals surface area contributed by atoms with E-state index in [0.717, 1.165) is 72.1 Å². The summed E-state index contributed by atoms with van der Waals surface area (Å²) in [6, 6.07) is 8.06. The number of para-hydroxylation sites is 2. The lowest BCUT2D eigenvalue weighted by atomic mass is 10.0. The molecule has 38 heavy (non-hydrogen) atoms. The molecule has 1 aromatic carbocycles. The third-order valence-corrected chi connectivity index (χ3v) is 7.86. The maximum Gasteiger partial charge on any atom is 0.239 e. The molecule has 6 rings (SSSR count). The Morgan fingerprint density at radius 2 is 1.82 bits per heavy atom. The molecule has 0 amide bonds. The molecule has 2 atom stereocenters. The molecular formula is C27H36FN9O. The van der Waals surface area contributed by atoms with Gasteiger partial charge in [-0.2, -0.15) is 9.97 Å². The van der Waals surface area contributed by atoms with Crippen LogP contribution in [-0.2, 0) is 24.8 Å². The molecule has 0 radical (unpaired) electrons. The van der Waals surface area contributed by atoms with E-state index >= 15 is 0 Å². The SMILES string of the molecule is CCc1nc2ccccc2n1-c1nc(N2CCOCC2)c2nc(CN3CC[C@@H](N(C)C)[C@H](F)C3)n(C)c2n1. The first kappa shape index (κ1) is 25.1. The maximum atomic E-state index is 14.9. The lowest BCUT2D eigenvalue weighted by Gasteiger charge is -2.37. The number of hydrogen-bond donors (Lipinski definition) is 0. The highest BCUT2D eigenvalue weighted by molar-refractivity contribution is 5.86. The number of halogens is 1. The van der Waals surface area contributed by atoms with Crippen molar-refractivity contribution >= 4 is 28.0 Å². The Morgan fingerprint density at radius 1 is 1.03 bits per heavy atom. The van der Waals surface area contributed by atoms with Gasteiger partial charge in [0.05, 0.1) is 30.8 Å². The summed E-state index contributed by atoms with van der Waals surface area (Å²) in [4.78, 5) is 26.4. The number of anilines is 1. The van der Waals surface area contributed by atoms with Crippen molar-refractivity contribution in [1.82, 2.24) is 38.9 Å². The molecule has 0 saturated carbocycles. The van der Waals surface area contributed by atoms with E-state index in [0.29, 0.717) is 32.3 Å². The van der Waals surface area contributed by atoms with E-state index in [1.807, 2.05) is 48.8 Å². The topological polar surface area (TPSA) is 80.4 Å². The standard InChI is InChI=1S/C27H36FN9O/c1-5-22-29-19-8-6-7-9-21(19)37(22)27-31-25-24(26(32-27)36-12-14-38-15-13-36)30-23(34(25)4)17-35-11-10-20(33(2)3)18(28)16-35/h6-9,18,20H,5,10-17H2,1-4H3/t18-,20-/m1/s1. The van der Waals surface area contributed by atoms with Gasteiger partial charge in [0.2, 0.25) is 5.95 Å². The fourth-order valence-electron chi connectivity index (χ4n) is 5.73. The van der Waals surface area contributed by atoms with E-state index in [1.165, 1.54) is 0 Å². The molecule has 2 aliphatic heterocycles. The smallest absolute Gasteiger partial charge is 0.239 e. The van der Waals surface area contributed by atoms with Gasteiger partial charge in [0, 0.05) is 45.7 Å². The summed E-state index contributed by atoms with van der Waals surface area (Å²) in [5.41, 5.74) is 3.45. The molecule has 5 heterocycles. The molecule has 2 aliphatic rings. The zero-order valence-corrected chi connectivity index (χ0v) is 22.6. The second-order valence-electron chi connectivity index (χ2n) is 10.5. The number of imidazole rings is 2.